The van der Waals surface area contributed by atoms with E-state index in [0.29, 0.717) is 5.71 Å². The maximum absolute atomic E-state index is 6.16. The normalized spacial score (nSPS) is 11.9. The average molecular weight is 462 g/mol. The summed E-state index contributed by atoms with van der Waals surface area (Å²) in [5.74, 6) is 0. The molecule has 0 spiro atoms. The molecule has 8 rings (SSSR count). The van der Waals surface area contributed by atoms with Gasteiger partial charge in [-0.05, 0) is 53.6 Å². The number of para-hydroxylation sites is 4. The van der Waals surface area contributed by atoms with Gasteiger partial charge in [0.15, 0.2) is 0 Å². The van der Waals surface area contributed by atoms with Gasteiger partial charge < -0.3 is 8.98 Å². The van der Waals surface area contributed by atoms with Gasteiger partial charge in [0.2, 0.25) is 5.71 Å². The van der Waals surface area contributed by atoms with Crippen molar-refractivity contribution in [1.29, 1.82) is 0 Å². The van der Waals surface area contributed by atoms with Crippen molar-refractivity contribution in [3.8, 4) is 16.8 Å². The number of aromatic nitrogens is 3. The molecule has 0 amide bonds. The van der Waals surface area contributed by atoms with E-state index in [1.807, 2.05) is 36.4 Å². The molecular weight excluding hydrogens is 442 g/mol. The van der Waals surface area contributed by atoms with Crippen LogP contribution in [-0.2, 0) is 0 Å². The van der Waals surface area contributed by atoms with Crippen molar-refractivity contribution in [1.82, 2.24) is 14.5 Å². The monoisotopic (exact) mass is 461 g/mol. The van der Waals surface area contributed by atoms with Gasteiger partial charge in [0.05, 0.1) is 27.5 Å². The minimum Gasteiger partial charge on any atom is -0.436 e. The van der Waals surface area contributed by atoms with Crippen molar-refractivity contribution >= 4 is 55.0 Å². The first-order valence-corrected chi connectivity index (χ1v) is 12.0. The Kier molecular flexibility index (Phi) is 3.91. The summed E-state index contributed by atoms with van der Waals surface area (Å²) < 4.78 is 8.50. The van der Waals surface area contributed by atoms with E-state index in [-0.39, 0.29) is 0 Å². The van der Waals surface area contributed by atoms with Crippen LogP contribution in [0.5, 0.6) is 0 Å². The lowest BCUT2D eigenvalue weighted by Crippen LogP contribution is -1.94. The summed E-state index contributed by atoms with van der Waals surface area (Å²) in [6.07, 6.45) is 0. The van der Waals surface area contributed by atoms with Crippen LogP contribution < -0.4 is 0 Å². The second-order valence-electron chi connectivity index (χ2n) is 9.07. The van der Waals surface area contributed by atoms with Crippen molar-refractivity contribution in [3.05, 3.63) is 115 Å². The molecule has 4 nitrogen and oxygen atoms in total. The Morgan fingerprint density at radius 3 is 2.03 bits per heavy atom. The molecule has 0 N–H and O–H groups in total. The summed E-state index contributed by atoms with van der Waals surface area (Å²) in [7, 11) is 0. The predicted octanol–water partition coefficient (Wildman–Crippen LogP) is 8.29. The third-order valence-electron chi connectivity index (χ3n) is 7.00. The molecule has 0 saturated carbocycles. The largest absolute Gasteiger partial charge is 0.436 e. The fraction of sp³-hybridized carbons (Fsp3) is 0. The van der Waals surface area contributed by atoms with Crippen LogP contribution in [0.25, 0.3) is 71.9 Å². The number of rotatable bonds is 2. The first-order chi connectivity index (χ1) is 17.8. The van der Waals surface area contributed by atoms with E-state index < -0.39 is 0 Å². The molecule has 0 aliphatic carbocycles. The van der Waals surface area contributed by atoms with E-state index in [1.54, 1.807) is 0 Å². The molecule has 0 radical (unpaired) electrons. The summed E-state index contributed by atoms with van der Waals surface area (Å²) in [4.78, 5) is 9.69. The zero-order valence-corrected chi connectivity index (χ0v) is 19.2. The van der Waals surface area contributed by atoms with E-state index in [9.17, 15) is 0 Å². The maximum atomic E-state index is 6.16. The number of hydrogen-bond acceptors (Lipinski definition) is 3. The molecule has 3 heterocycles. The van der Waals surface area contributed by atoms with Gasteiger partial charge in [-0.3, -0.25) is 0 Å². The van der Waals surface area contributed by atoms with Crippen molar-refractivity contribution in [2.45, 2.75) is 0 Å². The van der Waals surface area contributed by atoms with Crippen molar-refractivity contribution in [2.24, 2.45) is 0 Å². The van der Waals surface area contributed by atoms with Gasteiger partial charge in [-0.2, -0.15) is 0 Å². The molecule has 0 fully saturated rings. The van der Waals surface area contributed by atoms with Crippen LogP contribution in [0.2, 0.25) is 0 Å². The molecule has 0 atom stereocenters. The van der Waals surface area contributed by atoms with Gasteiger partial charge in [0.1, 0.15) is 11.1 Å². The lowest BCUT2D eigenvalue weighted by atomic mass is 10.0. The summed E-state index contributed by atoms with van der Waals surface area (Å²) in [6, 6.07) is 39.9. The molecule has 5 aromatic carbocycles. The summed E-state index contributed by atoms with van der Waals surface area (Å²) in [5, 5.41) is 3.50. The van der Waals surface area contributed by atoms with Gasteiger partial charge in [-0.25, -0.2) is 9.97 Å². The highest BCUT2D eigenvalue weighted by molar-refractivity contribution is 6.12. The molecule has 168 valence electrons. The Hall–Kier alpha value is -4.96. The molecule has 3 aromatic heterocycles. The van der Waals surface area contributed by atoms with Crippen LogP contribution >= 0.6 is 0 Å². The molecular formula is C32H19N3O. The average Bonchev–Trinajstić information content (AvgIpc) is 3.47. The quantitative estimate of drug-likeness (QED) is 0.260. The number of furan rings is 1. The van der Waals surface area contributed by atoms with Crippen molar-refractivity contribution < 1.29 is 4.42 Å². The number of benzene rings is 5. The Morgan fingerprint density at radius 1 is 0.583 bits per heavy atom. The van der Waals surface area contributed by atoms with Crippen LogP contribution in [0.15, 0.2) is 120 Å². The second-order valence-corrected chi connectivity index (χ2v) is 9.07. The highest BCUT2D eigenvalue weighted by Gasteiger charge is 2.17. The molecule has 0 bridgehead atoms. The van der Waals surface area contributed by atoms with Crippen LogP contribution in [-0.4, -0.2) is 14.5 Å². The molecule has 0 aliphatic rings. The lowest BCUT2D eigenvalue weighted by molar-refractivity contribution is 0.655. The third-order valence-corrected chi connectivity index (χ3v) is 7.00. The van der Waals surface area contributed by atoms with Crippen molar-refractivity contribution in [3.63, 3.8) is 0 Å². The summed E-state index contributed by atoms with van der Waals surface area (Å²) >= 11 is 0. The number of nitrogens with zero attached hydrogens (tertiary/aromatic N) is 3. The molecule has 0 unspecified atom stereocenters. The first-order valence-electron chi connectivity index (χ1n) is 12.0. The standard InChI is InChI=1S/C32H19N3O/c1-5-16-27-23(11-1)24-12-2-6-17-28(24)35(27)21-10-7-9-20(19-21)22-13-8-18-29-30(22)31-32(36-29)34-26-15-4-3-14-25(26)33-31/h1-19H. The van der Waals surface area contributed by atoms with Gasteiger partial charge in [-0.15, -0.1) is 0 Å². The molecule has 36 heavy (non-hydrogen) atoms. The van der Waals surface area contributed by atoms with Gasteiger partial charge >= 0.3 is 0 Å². The zero-order chi connectivity index (χ0) is 23.6. The van der Waals surface area contributed by atoms with Crippen LogP contribution in [0, 0.1) is 0 Å². The van der Waals surface area contributed by atoms with Crippen LogP contribution in [0.1, 0.15) is 0 Å². The fourth-order valence-electron chi connectivity index (χ4n) is 5.44. The van der Waals surface area contributed by atoms with E-state index in [4.69, 9.17) is 14.4 Å². The minimum absolute atomic E-state index is 0.565. The van der Waals surface area contributed by atoms with Gasteiger partial charge in [0, 0.05) is 16.5 Å². The maximum Gasteiger partial charge on any atom is 0.246 e. The van der Waals surface area contributed by atoms with E-state index in [1.165, 1.54) is 21.8 Å². The second kappa shape index (κ2) is 7.27. The predicted molar refractivity (Wildman–Crippen MR) is 147 cm³/mol. The van der Waals surface area contributed by atoms with E-state index in [2.05, 4.69) is 83.4 Å². The lowest BCUT2D eigenvalue weighted by Gasteiger charge is -2.11. The molecule has 0 aliphatic heterocycles. The van der Waals surface area contributed by atoms with E-state index in [0.717, 1.165) is 44.3 Å². The number of fused-ring (bicyclic) bond motifs is 7. The van der Waals surface area contributed by atoms with Crippen molar-refractivity contribution in [2.75, 3.05) is 0 Å². The molecule has 4 heteroatoms. The van der Waals surface area contributed by atoms with Crippen LogP contribution in [0.4, 0.5) is 0 Å². The van der Waals surface area contributed by atoms with Gasteiger partial charge in [0.25, 0.3) is 0 Å². The Balaban J connectivity index is 1.40. The Labute approximate surface area is 206 Å². The Morgan fingerprint density at radius 2 is 1.25 bits per heavy atom. The fourth-order valence-corrected chi connectivity index (χ4v) is 5.44. The minimum atomic E-state index is 0.565. The first kappa shape index (κ1) is 19.4. The molecule has 0 saturated heterocycles. The summed E-state index contributed by atoms with van der Waals surface area (Å²) in [6.45, 7) is 0. The smallest absolute Gasteiger partial charge is 0.246 e. The Bertz CT molecular complexity index is 2060. The SMILES string of the molecule is c1cc(-c2cccc3oc4nc5ccccc5nc4c23)cc(-n2c3ccccc3c3ccccc32)c1. The number of hydrogen-bond donors (Lipinski definition) is 0. The van der Waals surface area contributed by atoms with Gasteiger partial charge in [-0.1, -0.05) is 72.8 Å². The van der Waals surface area contributed by atoms with Crippen LogP contribution in [0.3, 0.4) is 0 Å². The topological polar surface area (TPSA) is 43.9 Å². The highest BCUT2D eigenvalue weighted by Crippen LogP contribution is 2.38. The highest BCUT2D eigenvalue weighted by atomic mass is 16.3. The molecule has 8 aromatic rings. The third kappa shape index (κ3) is 2.70. The zero-order valence-electron chi connectivity index (χ0n) is 19.2. The summed E-state index contributed by atoms with van der Waals surface area (Å²) in [5.41, 5.74) is 9.54. The van der Waals surface area contributed by atoms with E-state index >= 15 is 0 Å².